The Kier molecular flexibility index (Phi) is 2.50. The molecule has 0 bridgehead atoms. The lowest BCUT2D eigenvalue weighted by Gasteiger charge is -2.24. The molecule has 1 unspecified atom stereocenters. The Morgan fingerprint density at radius 2 is 2.14 bits per heavy atom. The van der Waals surface area contributed by atoms with Gasteiger partial charge in [-0.3, -0.25) is 9.59 Å². The molecule has 1 aliphatic rings. The van der Waals surface area contributed by atoms with Crippen molar-refractivity contribution in [3.05, 3.63) is 11.6 Å². The Morgan fingerprint density at radius 1 is 1.57 bits per heavy atom. The first kappa shape index (κ1) is 10.6. The van der Waals surface area contributed by atoms with Gasteiger partial charge in [0.1, 0.15) is 6.04 Å². The van der Waals surface area contributed by atoms with Crippen LogP contribution in [0.4, 0.5) is 13.2 Å². The van der Waals surface area contributed by atoms with E-state index in [1.54, 1.807) is 5.32 Å². The van der Waals surface area contributed by atoms with Gasteiger partial charge in [-0.2, -0.15) is 13.2 Å². The number of primary amides is 1. The Bertz CT molecular complexity index is 309. The molecule has 1 aliphatic heterocycles. The molecule has 0 radical (unpaired) electrons. The van der Waals surface area contributed by atoms with E-state index in [1.807, 2.05) is 0 Å². The summed E-state index contributed by atoms with van der Waals surface area (Å²) in [5.74, 6) is -2.10. The average molecular weight is 208 g/mol. The van der Waals surface area contributed by atoms with Crippen LogP contribution in [-0.2, 0) is 9.59 Å². The summed E-state index contributed by atoms with van der Waals surface area (Å²) in [5.41, 5.74) is 4.34. The van der Waals surface area contributed by atoms with Gasteiger partial charge in [0.2, 0.25) is 0 Å². The maximum Gasteiger partial charge on any atom is 0.408 e. The fourth-order valence-corrected chi connectivity index (χ4v) is 1.05. The lowest BCUT2D eigenvalue weighted by atomic mass is 10.0. The highest BCUT2D eigenvalue weighted by atomic mass is 19.4. The summed E-state index contributed by atoms with van der Waals surface area (Å²) < 4.78 is 36.2. The number of nitrogens with two attached hydrogens (primary N) is 1. The van der Waals surface area contributed by atoms with E-state index in [9.17, 15) is 22.8 Å². The quantitative estimate of drug-likeness (QED) is 0.588. The fourth-order valence-electron chi connectivity index (χ4n) is 1.05. The third-order valence-electron chi connectivity index (χ3n) is 1.77. The summed E-state index contributed by atoms with van der Waals surface area (Å²) in [6, 6.07) is -1.93. The second-order valence-electron chi connectivity index (χ2n) is 2.79. The van der Waals surface area contributed by atoms with E-state index in [2.05, 4.69) is 0 Å². The molecule has 1 heterocycles. The summed E-state index contributed by atoms with van der Waals surface area (Å²) in [4.78, 5) is 21.4. The van der Waals surface area contributed by atoms with E-state index in [-0.39, 0.29) is 0 Å². The Morgan fingerprint density at radius 3 is 2.50 bits per heavy atom. The Hall–Kier alpha value is -1.53. The molecule has 7 heteroatoms. The zero-order valence-corrected chi connectivity index (χ0v) is 6.89. The van der Waals surface area contributed by atoms with E-state index >= 15 is 0 Å². The third-order valence-corrected chi connectivity index (χ3v) is 1.77. The molecule has 0 saturated heterocycles. The number of hydrogen-bond donors (Lipinski definition) is 2. The summed E-state index contributed by atoms with van der Waals surface area (Å²) in [7, 11) is 0. The van der Waals surface area contributed by atoms with Crippen molar-refractivity contribution in [1.29, 1.82) is 0 Å². The SMILES string of the molecule is NC(=O)C1=CCC(C(F)(F)F)NC1=O. The van der Waals surface area contributed by atoms with Gasteiger partial charge in [0.25, 0.3) is 11.8 Å². The monoisotopic (exact) mass is 208 g/mol. The molecule has 0 fully saturated rings. The van der Waals surface area contributed by atoms with Gasteiger partial charge >= 0.3 is 6.18 Å². The van der Waals surface area contributed by atoms with Crippen LogP contribution in [0.2, 0.25) is 0 Å². The maximum atomic E-state index is 12.1. The lowest BCUT2D eigenvalue weighted by Crippen LogP contribution is -2.49. The molecule has 1 atom stereocenters. The fraction of sp³-hybridized carbons (Fsp3) is 0.429. The predicted octanol–water partition coefficient (Wildman–Crippen LogP) is -0.151. The third kappa shape index (κ3) is 2.04. The van der Waals surface area contributed by atoms with Crippen LogP contribution in [0.15, 0.2) is 11.6 Å². The van der Waals surface area contributed by atoms with Gasteiger partial charge in [0.15, 0.2) is 0 Å². The van der Waals surface area contributed by atoms with E-state index in [0.717, 1.165) is 6.08 Å². The molecule has 78 valence electrons. The van der Waals surface area contributed by atoms with Gasteiger partial charge in [-0.25, -0.2) is 0 Å². The van der Waals surface area contributed by atoms with Crippen LogP contribution in [0, 0.1) is 0 Å². The van der Waals surface area contributed by atoms with Gasteiger partial charge < -0.3 is 11.1 Å². The molecular weight excluding hydrogens is 201 g/mol. The summed E-state index contributed by atoms with van der Waals surface area (Å²) in [6.45, 7) is 0. The smallest absolute Gasteiger partial charge is 0.365 e. The number of amides is 2. The highest BCUT2D eigenvalue weighted by Gasteiger charge is 2.42. The number of carbonyl (C=O) groups excluding carboxylic acids is 2. The van der Waals surface area contributed by atoms with Crippen LogP contribution in [0.1, 0.15) is 6.42 Å². The molecule has 0 aromatic rings. The molecule has 3 N–H and O–H groups in total. The number of nitrogens with one attached hydrogen (secondary N) is 1. The van der Waals surface area contributed by atoms with Crippen molar-refractivity contribution in [3.63, 3.8) is 0 Å². The van der Waals surface area contributed by atoms with E-state index < -0.39 is 36.0 Å². The summed E-state index contributed by atoms with van der Waals surface area (Å²) in [6.07, 6.45) is -4.07. The molecule has 0 spiro atoms. The predicted molar refractivity (Wildman–Crippen MR) is 39.9 cm³/mol. The van der Waals surface area contributed by atoms with Gasteiger partial charge in [-0.1, -0.05) is 6.08 Å². The van der Waals surface area contributed by atoms with Crippen molar-refractivity contribution in [2.45, 2.75) is 18.6 Å². The lowest BCUT2D eigenvalue weighted by molar-refractivity contribution is -0.161. The van der Waals surface area contributed by atoms with Crippen molar-refractivity contribution in [1.82, 2.24) is 5.32 Å². The highest BCUT2D eigenvalue weighted by Crippen LogP contribution is 2.25. The number of carbonyl (C=O) groups is 2. The van der Waals surface area contributed by atoms with E-state index in [1.165, 1.54) is 0 Å². The van der Waals surface area contributed by atoms with Crippen LogP contribution in [0.3, 0.4) is 0 Å². The average Bonchev–Trinajstić information content (AvgIpc) is 2.01. The number of hydrogen-bond acceptors (Lipinski definition) is 2. The first-order valence-electron chi connectivity index (χ1n) is 3.70. The largest absolute Gasteiger partial charge is 0.408 e. The first-order valence-corrected chi connectivity index (χ1v) is 3.70. The van der Waals surface area contributed by atoms with Crippen molar-refractivity contribution < 1.29 is 22.8 Å². The van der Waals surface area contributed by atoms with Crippen molar-refractivity contribution in [2.75, 3.05) is 0 Å². The van der Waals surface area contributed by atoms with E-state index in [4.69, 9.17) is 5.73 Å². The second kappa shape index (κ2) is 3.32. The minimum atomic E-state index is -4.50. The zero-order valence-electron chi connectivity index (χ0n) is 6.89. The van der Waals surface area contributed by atoms with Crippen LogP contribution in [0.25, 0.3) is 0 Å². The Balaban J connectivity index is 2.82. The second-order valence-corrected chi connectivity index (χ2v) is 2.79. The summed E-state index contributed by atoms with van der Waals surface area (Å²) >= 11 is 0. The minimum absolute atomic E-state index is 0.425. The number of rotatable bonds is 1. The maximum absolute atomic E-state index is 12.1. The summed E-state index contributed by atoms with van der Waals surface area (Å²) in [5, 5.41) is 1.65. The molecule has 0 aliphatic carbocycles. The number of halogens is 3. The molecule has 0 aromatic carbocycles. The van der Waals surface area contributed by atoms with Crippen molar-refractivity contribution in [2.24, 2.45) is 5.73 Å². The van der Waals surface area contributed by atoms with Crippen LogP contribution in [0.5, 0.6) is 0 Å². The molecule has 0 saturated carbocycles. The number of alkyl halides is 3. The van der Waals surface area contributed by atoms with Crippen LogP contribution in [-0.4, -0.2) is 24.0 Å². The Labute approximate surface area is 76.9 Å². The van der Waals surface area contributed by atoms with Crippen LogP contribution >= 0.6 is 0 Å². The van der Waals surface area contributed by atoms with Crippen molar-refractivity contribution >= 4 is 11.8 Å². The molecule has 4 nitrogen and oxygen atoms in total. The zero-order chi connectivity index (χ0) is 10.9. The minimum Gasteiger partial charge on any atom is -0.365 e. The van der Waals surface area contributed by atoms with Gasteiger partial charge in [0.05, 0.1) is 5.57 Å². The molecule has 1 rings (SSSR count). The molecule has 14 heavy (non-hydrogen) atoms. The molecule has 0 aromatic heterocycles. The van der Waals surface area contributed by atoms with Gasteiger partial charge in [-0.15, -0.1) is 0 Å². The van der Waals surface area contributed by atoms with Gasteiger partial charge in [-0.05, 0) is 6.42 Å². The topological polar surface area (TPSA) is 72.2 Å². The van der Waals surface area contributed by atoms with Crippen LogP contribution < -0.4 is 11.1 Å². The van der Waals surface area contributed by atoms with Gasteiger partial charge in [0, 0.05) is 0 Å². The normalized spacial score (nSPS) is 22.6. The standard InChI is InChI=1S/C7H7F3N2O2/c8-7(9,10)4-2-1-3(5(11)13)6(14)12-4/h1,4H,2H2,(H2,11,13)(H,12,14). The first-order chi connectivity index (χ1) is 6.32. The van der Waals surface area contributed by atoms with Crippen molar-refractivity contribution in [3.8, 4) is 0 Å². The molecule has 2 amide bonds. The van der Waals surface area contributed by atoms with E-state index in [0.29, 0.717) is 0 Å². The highest BCUT2D eigenvalue weighted by molar-refractivity contribution is 6.18. The molecular formula is C7H7F3N2O2.